The van der Waals surface area contributed by atoms with Gasteiger partial charge in [-0.15, -0.1) is 16.4 Å². The van der Waals surface area contributed by atoms with E-state index >= 15 is 0 Å². The summed E-state index contributed by atoms with van der Waals surface area (Å²) in [6, 6.07) is 16.7. The first-order valence-corrected chi connectivity index (χ1v) is 10.4. The zero-order chi connectivity index (χ0) is 20.2. The number of carbonyl (C=O) groups excluding carboxylic acids is 1. The second-order valence-corrected chi connectivity index (χ2v) is 7.70. The van der Waals surface area contributed by atoms with Crippen molar-refractivity contribution in [3.63, 3.8) is 0 Å². The predicted molar refractivity (Wildman–Crippen MR) is 114 cm³/mol. The van der Waals surface area contributed by atoms with Gasteiger partial charge < -0.3 is 5.32 Å². The normalized spacial score (nSPS) is 11.9. The van der Waals surface area contributed by atoms with Crippen LogP contribution in [0.3, 0.4) is 0 Å². The smallest absolute Gasteiger partial charge is 0.274 e. The third kappa shape index (κ3) is 3.92. The van der Waals surface area contributed by atoms with Crippen LogP contribution >= 0.6 is 22.9 Å². The SMILES string of the molecule is CCC(NC(=O)c1nnn(-c2ccccc2Cl)c1-c1ccccn1)c1cccs1. The highest BCUT2D eigenvalue weighted by atomic mass is 35.5. The third-order valence-corrected chi connectivity index (χ3v) is 5.78. The first kappa shape index (κ1) is 19.3. The van der Waals surface area contributed by atoms with Gasteiger partial charge in [0, 0.05) is 11.1 Å². The summed E-state index contributed by atoms with van der Waals surface area (Å²) in [7, 11) is 0. The molecule has 4 rings (SSSR count). The number of carbonyl (C=O) groups is 1. The molecule has 0 saturated carbocycles. The summed E-state index contributed by atoms with van der Waals surface area (Å²) in [6.45, 7) is 2.03. The maximum Gasteiger partial charge on any atom is 0.274 e. The predicted octanol–water partition coefficient (Wildman–Crippen LogP) is 4.93. The van der Waals surface area contributed by atoms with Gasteiger partial charge in [-0.1, -0.05) is 48.0 Å². The molecule has 0 aliphatic heterocycles. The molecule has 8 heteroatoms. The minimum atomic E-state index is -0.302. The molecule has 3 heterocycles. The summed E-state index contributed by atoms with van der Waals surface area (Å²) in [5, 5.41) is 14.0. The van der Waals surface area contributed by atoms with Crippen molar-refractivity contribution in [3.8, 4) is 17.1 Å². The van der Waals surface area contributed by atoms with Crippen LogP contribution in [0.4, 0.5) is 0 Å². The summed E-state index contributed by atoms with van der Waals surface area (Å²) < 4.78 is 1.56. The number of nitrogens with one attached hydrogen (secondary N) is 1. The van der Waals surface area contributed by atoms with Crippen molar-refractivity contribution in [3.05, 3.63) is 81.8 Å². The summed E-state index contributed by atoms with van der Waals surface area (Å²) in [4.78, 5) is 18.7. The lowest BCUT2D eigenvalue weighted by atomic mass is 10.1. The van der Waals surface area contributed by atoms with Crippen LogP contribution in [0.25, 0.3) is 17.1 Å². The number of thiophene rings is 1. The van der Waals surface area contributed by atoms with Gasteiger partial charge in [0.2, 0.25) is 0 Å². The van der Waals surface area contributed by atoms with E-state index < -0.39 is 0 Å². The van der Waals surface area contributed by atoms with Crippen LogP contribution < -0.4 is 5.32 Å². The van der Waals surface area contributed by atoms with Crippen LogP contribution in [0, 0.1) is 0 Å². The number of para-hydroxylation sites is 1. The molecule has 29 heavy (non-hydrogen) atoms. The summed E-state index contributed by atoms with van der Waals surface area (Å²) in [6.07, 6.45) is 2.44. The highest BCUT2D eigenvalue weighted by Gasteiger charge is 2.25. The van der Waals surface area contributed by atoms with E-state index in [9.17, 15) is 4.79 Å². The Morgan fingerprint density at radius 2 is 2.00 bits per heavy atom. The highest BCUT2D eigenvalue weighted by Crippen LogP contribution is 2.28. The van der Waals surface area contributed by atoms with Crippen molar-refractivity contribution in [2.24, 2.45) is 0 Å². The number of halogens is 1. The van der Waals surface area contributed by atoms with Crippen molar-refractivity contribution in [1.29, 1.82) is 0 Å². The molecule has 1 unspecified atom stereocenters. The van der Waals surface area contributed by atoms with E-state index in [0.29, 0.717) is 22.1 Å². The van der Waals surface area contributed by atoms with E-state index in [1.54, 1.807) is 28.3 Å². The Morgan fingerprint density at radius 3 is 2.69 bits per heavy atom. The Labute approximate surface area is 177 Å². The number of amides is 1. The van der Waals surface area contributed by atoms with Crippen LogP contribution in [-0.2, 0) is 0 Å². The minimum Gasteiger partial charge on any atom is -0.343 e. The maximum atomic E-state index is 13.1. The standard InChI is InChI=1S/C21H18ClN5OS/c1-2-15(18-11-7-13-29-18)24-21(28)19-20(16-9-5-6-12-23-16)27(26-25-19)17-10-4-3-8-14(17)22/h3-13,15H,2H2,1H3,(H,24,28). The molecule has 1 atom stereocenters. The topological polar surface area (TPSA) is 72.7 Å². The quantitative estimate of drug-likeness (QED) is 0.477. The van der Waals surface area contributed by atoms with Gasteiger partial charge in [0.05, 0.1) is 22.4 Å². The molecule has 0 saturated heterocycles. The Kier molecular flexibility index (Phi) is 5.69. The second kappa shape index (κ2) is 8.55. The van der Waals surface area contributed by atoms with Crippen molar-refractivity contribution >= 4 is 28.8 Å². The first-order valence-electron chi connectivity index (χ1n) is 9.15. The molecule has 1 aromatic carbocycles. The van der Waals surface area contributed by atoms with Crippen LogP contribution in [0.2, 0.25) is 5.02 Å². The van der Waals surface area contributed by atoms with Gasteiger partial charge in [0.1, 0.15) is 5.69 Å². The Balaban J connectivity index is 1.78. The monoisotopic (exact) mass is 423 g/mol. The number of rotatable bonds is 6. The molecule has 6 nitrogen and oxygen atoms in total. The lowest BCUT2D eigenvalue weighted by Gasteiger charge is -2.15. The highest BCUT2D eigenvalue weighted by molar-refractivity contribution is 7.10. The molecule has 1 amide bonds. The zero-order valence-corrected chi connectivity index (χ0v) is 17.2. The van der Waals surface area contributed by atoms with E-state index in [1.807, 2.05) is 60.8 Å². The molecule has 0 spiro atoms. The van der Waals surface area contributed by atoms with E-state index in [4.69, 9.17) is 11.6 Å². The van der Waals surface area contributed by atoms with E-state index in [1.165, 1.54) is 0 Å². The number of benzene rings is 1. The molecule has 4 aromatic rings. The van der Waals surface area contributed by atoms with Gasteiger partial charge in [0.25, 0.3) is 5.91 Å². The van der Waals surface area contributed by atoms with Crippen LogP contribution in [0.15, 0.2) is 66.2 Å². The van der Waals surface area contributed by atoms with Gasteiger partial charge in [-0.05, 0) is 42.1 Å². The first-order chi connectivity index (χ1) is 14.2. The summed E-state index contributed by atoms with van der Waals surface area (Å²) >= 11 is 7.98. The Bertz CT molecular complexity index is 1110. The van der Waals surface area contributed by atoms with Crippen molar-refractivity contribution in [2.45, 2.75) is 19.4 Å². The van der Waals surface area contributed by atoms with Gasteiger partial charge in [-0.25, -0.2) is 4.68 Å². The van der Waals surface area contributed by atoms with E-state index in [-0.39, 0.29) is 17.6 Å². The van der Waals surface area contributed by atoms with Crippen LogP contribution in [-0.4, -0.2) is 25.9 Å². The Morgan fingerprint density at radius 1 is 1.17 bits per heavy atom. The lowest BCUT2D eigenvalue weighted by molar-refractivity contribution is 0.0932. The van der Waals surface area contributed by atoms with Crippen molar-refractivity contribution in [1.82, 2.24) is 25.3 Å². The van der Waals surface area contributed by atoms with Gasteiger partial charge in [0.15, 0.2) is 5.69 Å². The van der Waals surface area contributed by atoms with Gasteiger partial charge in [-0.3, -0.25) is 9.78 Å². The molecule has 0 bridgehead atoms. The molecule has 0 aliphatic carbocycles. The molecular weight excluding hydrogens is 406 g/mol. The van der Waals surface area contributed by atoms with Crippen molar-refractivity contribution < 1.29 is 4.79 Å². The number of hydrogen-bond acceptors (Lipinski definition) is 5. The summed E-state index contributed by atoms with van der Waals surface area (Å²) in [5.41, 5.74) is 1.93. The largest absolute Gasteiger partial charge is 0.343 e. The van der Waals surface area contributed by atoms with E-state index in [0.717, 1.165) is 11.3 Å². The second-order valence-electron chi connectivity index (χ2n) is 6.31. The fraction of sp³-hybridized carbons (Fsp3) is 0.143. The average molecular weight is 424 g/mol. The average Bonchev–Trinajstić information content (AvgIpc) is 3.43. The molecule has 0 radical (unpaired) electrons. The van der Waals surface area contributed by atoms with Crippen molar-refractivity contribution in [2.75, 3.05) is 0 Å². The molecule has 3 aromatic heterocycles. The number of pyridine rings is 1. The summed E-state index contributed by atoms with van der Waals surface area (Å²) in [5.74, 6) is -0.302. The fourth-order valence-corrected chi connectivity index (χ4v) is 4.13. The van der Waals surface area contributed by atoms with Crippen LogP contribution in [0.5, 0.6) is 0 Å². The molecular formula is C21H18ClN5OS. The number of aromatic nitrogens is 4. The van der Waals surface area contributed by atoms with Gasteiger partial charge in [-0.2, -0.15) is 0 Å². The van der Waals surface area contributed by atoms with E-state index in [2.05, 4.69) is 20.6 Å². The maximum absolute atomic E-state index is 13.1. The molecule has 1 N–H and O–H groups in total. The molecule has 0 aliphatic rings. The Hall–Kier alpha value is -3.03. The molecule has 0 fully saturated rings. The zero-order valence-electron chi connectivity index (χ0n) is 15.6. The van der Waals surface area contributed by atoms with Crippen LogP contribution in [0.1, 0.15) is 34.8 Å². The minimum absolute atomic E-state index is 0.0930. The fourth-order valence-electron chi connectivity index (χ4n) is 3.05. The number of nitrogens with zero attached hydrogens (tertiary/aromatic N) is 4. The molecule has 146 valence electrons. The third-order valence-electron chi connectivity index (χ3n) is 4.47. The number of hydrogen-bond donors (Lipinski definition) is 1. The lowest BCUT2D eigenvalue weighted by Crippen LogP contribution is -2.28. The van der Waals surface area contributed by atoms with Gasteiger partial charge >= 0.3 is 0 Å².